The maximum atomic E-state index is 10.4. The average Bonchev–Trinajstić information content (AvgIpc) is 3.42. The molecule has 2 aliphatic carbocycles. The van der Waals surface area contributed by atoms with Gasteiger partial charge in [0, 0.05) is 6.92 Å². The minimum Gasteiger partial charge on any atom is -0.448 e. The summed E-state index contributed by atoms with van der Waals surface area (Å²) in [7, 11) is 0. The van der Waals surface area contributed by atoms with E-state index < -0.39 is 28.6 Å². The Balaban J connectivity index is 1.67. The first-order valence-corrected chi connectivity index (χ1v) is 10.4. The molecule has 5 rings (SSSR count). The SMILES string of the molecule is CC12OC(=N)C(C#N)(C1Cc1ccccc1)C(C#N)(C#N)C(C1CC3C=CC1C3)O2. The molecule has 4 bridgehead atoms. The lowest BCUT2D eigenvalue weighted by molar-refractivity contribution is -0.282. The number of rotatable bonds is 3. The van der Waals surface area contributed by atoms with E-state index in [9.17, 15) is 15.8 Å². The molecule has 0 spiro atoms. The Hall–Kier alpha value is -3.14. The Morgan fingerprint density at radius 3 is 2.37 bits per heavy atom. The van der Waals surface area contributed by atoms with Gasteiger partial charge >= 0.3 is 0 Å². The molecule has 7 unspecified atom stereocenters. The smallest absolute Gasteiger partial charge is 0.214 e. The van der Waals surface area contributed by atoms with Crippen molar-refractivity contribution in [3.63, 3.8) is 0 Å². The molecular formula is C24H22N4O2. The maximum Gasteiger partial charge on any atom is 0.214 e. The van der Waals surface area contributed by atoms with Crippen LogP contribution in [0.2, 0.25) is 0 Å². The molecule has 2 aliphatic heterocycles. The quantitative estimate of drug-likeness (QED) is 0.780. The van der Waals surface area contributed by atoms with Crippen molar-refractivity contribution in [1.29, 1.82) is 21.2 Å². The highest BCUT2D eigenvalue weighted by molar-refractivity contribution is 5.89. The van der Waals surface area contributed by atoms with Crippen LogP contribution in [-0.2, 0) is 15.9 Å². The molecule has 7 atom stereocenters. The van der Waals surface area contributed by atoms with E-state index in [0.29, 0.717) is 12.3 Å². The number of ether oxygens (including phenoxy) is 2. The molecule has 2 heterocycles. The lowest BCUT2D eigenvalue weighted by Crippen LogP contribution is -2.64. The molecule has 0 amide bonds. The fraction of sp³-hybridized carbons (Fsp3) is 0.500. The Morgan fingerprint density at radius 2 is 1.80 bits per heavy atom. The number of nitriles is 3. The van der Waals surface area contributed by atoms with Gasteiger partial charge in [0.2, 0.25) is 11.7 Å². The fourth-order valence-corrected chi connectivity index (χ4v) is 6.34. The van der Waals surface area contributed by atoms with Gasteiger partial charge in [-0.3, -0.25) is 5.41 Å². The molecule has 3 fully saturated rings. The van der Waals surface area contributed by atoms with E-state index in [1.54, 1.807) is 6.92 Å². The predicted octanol–water partition coefficient (Wildman–Crippen LogP) is 3.72. The normalized spacial score (nSPS) is 42.2. The van der Waals surface area contributed by atoms with Crippen molar-refractivity contribution in [2.24, 2.45) is 34.5 Å². The first kappa shape index (κ1) is 18.9. The number of fused-ring (bicyclic) bond motifs is 4. The summed E-state index contributed by atoms with van der Waals surface area (Å²) in [6, 6.07) is 16.2. The van der Waals surface area contributed by atoms with Crippen LogP contribution in [0.4, 0.5) is 0 Å². The van der Waals surface area contributed by atoms with Crippen molar-refractivity contribution in [2.75, 3.05) is 0 Å². The van der Waals surface area contributed by atoms with Crippen molar-refractivity contribution in [1.82, 2.24) is 0 Å². The zero-order valence-electron chi connectivity index (χ0n) is 16.7. The van der Waals surface area contributed by atoms with Crippen LogP contribution in [0.3, 0.4) is 0 Å². The van der Waals surface area contributed by atoms with E-state index in [1.165, 1.54) is 0 Å². The van der Waals surface area contributed by atoms with Crippen molar-refractivity contribution in [3.05, 3.63) is 48.0 Å². The second kappa shape index (κ2) is 6.18. The molecule has 1 N–H and O–H groups in total. The molecule has 6 nitrogen and oxygen atoms in total. The summed E-state index contributed by atoms with van der Waals surface area (Å²) in [5.74, 6) is -1.61. The summed E-state index contributed by atoms with van der Waals surface area (Å²) in [5, 5.41) is 39.8. The zero-order valence-corrected chi connectivity index (χ0v) is 16.7. The third-order valence-electron chi connectivity index (χ3n) is 7.76. The number of nitrogens with zero attached hydrogens (tertiary/aromatic N) is 3. The van der Waals surface area contributed by atoms with Gasteiger partial charge in [-0.2, -0.15) is 15.8 Å². The second-order valence-electron chi connectivity index (χ2n) is 9.12. The predicted molar refractivity (Wildman–Crippen MR) is 106 cm³/mol. The van der Waals surface area contributed by atoms with Gasteiger partial charge in [-0.05, 0) is 42.6 Å². The Labute approximate surface area is 175 Å². The molecule has 4 aliphatic rings. The molecule has 150 valence electrons. The van der Waals surface area contributed by atoms with Gasteiger partial charge in [0.05, 0.1) is 30.2 Å². The van der Waals surface area contributed by atoms with Crippen LogP contribution < -0.4 is 0 Å². The standard InChI is InChI=1S/C24H22N4O2/c1-22-19(11-15-5-3-2-4-6-15)24(14-27,21(28)30-22)23(12-25,13-26)20(29-22)18-10-16-7-8-17(18)9-16/h2-8,16-20,28H,9-11H2,1H3. The largest absolute Gasteiger partial charge is 0.448 e. The highest BCUT2D eigenvalue weighted by atomic mass is 16.7. The number of allylic oxidation sites excluding steroid dienone is 2. The molecular weight excluding hydrogens is 376 g/mol. The molecule has 30 heavy (non-hydrogen) atoms. The molecule has 1 saturated carbocycles. The minimum absolute atomic E-state index is 0.0430. The molecule has 1 aromatic rings. The van der Waals surface area contributed by atoms with Gasteiger partial charge in [-0.1, -0.05) is 42.5 Å². The van der Waals surface area contributed by atoms with Crippen molar-refractivity contribution >= 4 is 5.90 Å². The highest BCUT2D eigenvalue weighted by Gasteiger charge is 2.80. The van der Waals surface area contributed by atoms with Gasteiger partial charge in [-0.15, -0.1) is 0 Å². The Bertz CT molecular complexity index is 1050. The van der Waals surface area contributed by atoms with Crippen LogP contribution in [0.25, 0.3) is 0 Å². The molecule has 1 aromatic carbocycles. The number of hydrogen-bond donors (Lipinski definition) is 1. The van der Waals surface area contributed by atoms with Crippen LogP contribution in [0.1, 0.15) is 25.3 Å². The van der Waals surface area contributed by atoms with Crippen molar-refractivity contribution < 1.29 is 9.47 Å². The highest BCUT2D eigenvalue weighted by Crippen LogP contribution is 2.66. The first-order chi connectivity index (χ1) is 14.4. The summed E-state index contributed by atoms with van der Waals surface area (Å²) in [6.07, 6.45) is 5.74. The van der Waals surface area contributed by atoms with Crippen LogP contribution in [0.15, 0.2) is 42.5 Å². The molecule has 2 saturated heterocycles. The number of nitrogens with one attached hydrogen (secondary N) is 1. The monoisotopic (exact) mass is 398 g/mol. The van der Waals surface area contributed by atoms with E-state index in [4.69, 9.17) is 14.9 Å². The first-order valence-electron chi connectivity index (χ1n) is 10.4. The topological polar surface area (TPSA) is 114 Å². The van der Waals surface area contributed by atoms with E-state index >= 15 is 0 Å². The summed E-state index contributed by atoms with van der Waals surface area (Å²) in [5.41, 5.74) is -2.55. The third-order valence-corrected chi connectivity index (χ3v) is 7.76. The van der Waals surface area contributed by atoms with Crippen molar-refractivity contribution in [2.45, 2.75) is 38.1 Å². The zero-order chi connectivity index (χ0) is 21.1. The van der Waals surface area contributed by atoms with Crippen LogP contribution in [0.5, 0.6) is 0 Å². The van der Waals surface area contributed by atoms with Crippen LogP contribution in [0, 0.1) is 73.9 Å². The summed E-state index contributed by atoms with van der Waals surface area (Å²) < 4.78 is 12.4. The van der Waals surface area contributed by atoms with E-state index in [-0.39, 0.29) is 17.7 Å². The molecule has 0 aromatic heterocycles. The minimum atomic E-state index is -1.81. The van der Waals surface area contributed by atoms with Crippen LogP contribution >= 0.6 is 0 Å². The van der Waals surface area contributed by atoms with E-state index in [2.05, 4.69) is 30.4 Å². The number of benzene rings is 1. The Morgan fingerprint density at radius 1 is 1.07 bits per heavy atom. The second-order valence-corrected chi connectivity index (χ2v) is 9.12. The van der Waals surface area contributed by atoms with E-state index in [1.807, 2.05) is 30.3 Å². The summed E-state index contributed by atoms with van der Waals surface area (Å²) in [6.45, 7) is 1.75. The fourth-order valence-electron chi connectivity index (χ4n) is 6.34. The Kier molecular flexibility index (Phi) is 3.88. The number of hydrogen-bond acceptors (Lipinski definition) is 6. The third kappa shape index (κ3) is 2.11. The summed E-state index contributed by atoms with van der Waals surface area (Å²) in [4.78, 5) is 0. The van der Waals surface area contributed by atoms with Gasteiger partial charge < -0.3 is 9.47 Å². The van der Waals surface area contributed by atoms with Gasteiger partial charge in [0.1, 0.15) is 0 Å². The summed E-state index contributed by atoms with van der Waals surface area (Å²) >= 11 is 0. The maximum absolute atomic E-state index is 10.4. The lowest BCUT2D eigenvalue weighted by Gasteiger charge is -2.51. The lowest BCUT2D eigenvalue weighted by atomic mass is 9.51. The van der Waals surface area contributed by atoms with Gasteiger partial charge in [-0.25, -0.2) is 0 Å². The van der Waals surface area contributed by atoms with E-state index in [0.717, 1.165) is 18.4 Å². The molecule has 0 radical (unpaired) electrons. The van der Waals surface area contributed by atoms with Crippen LogP contribution in [-0.4, -0.2) is 17.8 Å². The molecule has 6 heteroatoms. The van der Waals surface area contributed by atoms with Gasteiger partial charge in [0.25, 0.3) is 0 Å². The average molecular weight is 398 g/mol. The van der Waals surface area contributed by atoms with Crippen molar-refractivity contribution in [3.8, 4) is 18.2 Å². The van der Waals surface area contributed by atoms with Gasteiger partial charge in [0.15, 0.2) is 10.8 Å².